The van der Waals surface area contributed by atoms with Crippen LogP contribution in [0.3, 0.4) is 0 Å². The molecule has 2 N–H and O–H groups in total. The third kappa shape index (κ3) is 2.31. The van der Waals surface area contributed by atoms with Crippen LogP contribution in [-0.4, -0.2) is 42.3 Å². The number of nitrogens with one attached hydrogen (secondary N) is 1. The van der Waals surface area contributed by atoms with Crippen molar-refractivity contribution < 1.29 is 14.6 Å². The highest BCUT2D eigenvalue weighted by Gasteiger charge is 2.49. The van der Waals surface area contributed by atoms with E-state index in [1.807, 2.05) is 0 Å². The van der Waals surface area contributed by atoms with E-state index < -0.39 is 5.60 Å². The summed E-state index contributed by atoms with van der Waals surface area (Å²) in [5.74, 6) is 0.349. The Labute approximate surface area is 109 Å². The van der Waals surface area contributed by atoms with Gasteiger partial charge >= 0.3 is 0 Å². The lowest BCUT2D eigenvalue weighted by atomic mass is 9.73. The van der Waals surface area contributed by atoms with Crippen molar-refractivity contribution in [2.24, 2.45) is 5.92 Å². The summed E-state index contributed by atoms with van der Waals surface area (Å²) >= 11 is 0. The van der Waals surface area contributed by atoms with Crippen LogP contribution in [-0.2, 0) is 9.47 Å². The Morgan fingerprint density at radius 1 is 1.11 bits per heavy atom. The third-order valence-electron chi connectivity index (χ3n) is 5.01. The van der Waals surface area contributed by atoms with Gasteiger partial charge in [-0.3, -0.25) is 0 Å². The molecule has 0 bridgehead atoms. The fraction of sp³-hybridized carbons (Fsp3) is 1.00. The number of piperidine rings is 1. The van der Waals surface area contributed by atoms with Crippen LogP contribution in [0.25, 0.3) is 0 Å². The Hall–Kier alpha value is -0.160. The van der Waals surface area contributed by atoms with Gasteiger partial charge in [0.05, 0.1) is 18.8 Å². The predicted molar refractivity (Wildman–Crippen MR) is 68.2 cm³/mol. The van der Waals surface area contributed by atoms with Crippen molar-refractivity contribution in [1.82, 2.24) is 5.32 Å². The number of hydrogen-bond acceptors (Lipinski definition) is 4. The van der Waals surface area contributed by atoms with Crippen LogP contribution in [0.15, 0.2) is 0 Å². The van der Waals surface area contributed by atoms with Crippen molar-refractivity contribution in [3.63, 3.8) is 0 Å². The van der Waals surface area contributed by atoms with E-state index in [2.05, 4.69) is 12.2 Å². The first kappa shape index (κ1) is 12.9. The average molecular weight is 255 g/mol. The molecule has 3 rings (SSSR count). The van der Waals surface area contributed by atoms with Crippen LogP contribution in [0.4, 0.5) is 0 Å². The van der Waals surface area contributed by atoms with Gasteiger partial charge in [-0.1, -0.05) is 6.92 Å². The molecule has 2 atom stereocenters. The normalized spacial score (nSPS) is 39.0. The lowest BCUT2D eigenvalue weighted by Gasteiger charge is -2.46. The van der Waals surface area contributed by atoms with Gasteiger partial charge in [0, 0.05) is 18.9 Å². The second-order valence-corrected chi connectivity index (χ2v) is 6.35. The van der Waals surface area contributed by atoms with Gasteiger partial charge in [0.2, 0.25) is 0 Å². The highest BCUT2D eigenvalue weighted by atomic mass is 16.7. The molecule has 3 aliphatic rings. The van der Waals surface area contributed by atoms with Crippen molar-refractivity contribution in [3.8, 4) is 0 Å². The summed E-state index contributed by atoms with van der Waals surface area (Å²) in [6.07, 6.45) is 5.55. The molecule has 1 saturated carbocycles. The van der Waals surface area contributed by atoms with Gasteiger partial charge < -0.3 is 19.9 Å². The summed E-state index contributed by atoms with van der Waals surface area (Å²) in [5, 5.41) is 14.4. The first-order valence-corrected chi connectivity index (χ1v) is 7.36. The Morgan fingerprint density at radius 2 is 1.78 bits per heavy atom. The molecule has 0 aromatic carbocycles. The summed E-state index contributed by atoms with van der Waals surface area (Å²) < 4.78 is 11.5. The first-order valence-electron chi connectivity index (χ1n) is 7.36. The molecule has 0 aromatic heterocycles. The van der Waals surface area contributed by atoms with E-state index in [4.69, 9.17) is 9.47 Å². The molecule has 2 heterocycles. The molecule has 2 aliphatic heterocycles. The summed E-state index contributed by atoms with van der Waals surface area (Å²) in [6, 6.07) is 0.250. The summed E-state index contributed by atoms with van der Waals surface area (Å²) in [6.45, 7) is 4.73. The van der Waals surface area contributed by atoms with Crippen LogP contribution in [0.2, 0.25) is 0 Å². The van der Waals surface area contributed by atoms with E-state index in [-0.39, 0.29) is 11.8 Å². The maximum absolute atomic E-state index is 10.9. The Bertz CT molecular complexity index is 291. The summed E-state index contributed by atoms with van der Waals surface area (Å²) in [4.78, 5) is 0. The van der Waals surface area contributed by atoms with E-state index >= 15 is 0 Å². The minimum atomic E-state index is -0.560. The van der Waals surface area contributed by atoms with Crippen LogP contribution < -0.4 is 5.32 Å². The standard InChI is InChI=1S/C14H25NO3/c1-11-2-7-15-12(10-11)13(16)3-5-14(6-4-13)17-8-9-18-14/h11-12,15-16H,2-10H2,1H3. The SMILES string of the molecule is CC1CCNC(C2(O)CCC3(CC2)OCCO3)C1. The van der Waals surface area contributed by atoms with Gasteiger partial charge in [-0.15, -0.1) is 0 Å². The van der Waals surface area contributed by atoms with Gasteiger partial charge in [0.15, 0.2) is 5.79 Å². The molecule has 4 nitrogen and oxygen atoms in total. The Kier molecular flexibility index (Phi) is 3.39. The number of aliphatic hydroxyl groups is 1. The maximum atomic E-state index is 10.9. The molecule has 3 fully saturated rings. The van der Waals surface area contributed by atoms with Crippen molar-refractivity contribution in [2.45, 2.75) is 62.9 Å². The molecule has 4 heteroatoms. The van der Waals surface area contributed by atoms with Crippen LogP contribution in [0.1, 0.15) is 45.4 Å². The maximum Gasteiger partial charge on any atom is 0.168 e. The molecule has 104 valence electrons. The van der Waals surface area contributed by atoms with Crippen LogP contribution in [0.5, 0.6) is 0 Å². The first-order chi connectivity index (χ1) is 8.62. The minimum Gasteiger partial charge on any atom is -0.388 e. The van der Waals surface area contributed by atoms with Gasteiger partial charge in [-0.25, -0.2) is 0 Å². The molecular formula is C14H25NO3. The van der Waals surface area contributed by atoms with E-state index in [0.717, 1.165) is 44.6 Å². The smallest absolute Gasteiger partial charge is 0.168 e. The Balaban J connectivity index is 1.62. The van der Waals surface area contributed by atoms with Crippen molar-refractivity contribution in [2.75, 3.05) is 19.8 Å². The number of hydrogen-bond donors (Lipinski definition) is 2. The van der Waals surface area contributed by atoms with Gasteiger partial charge in [0.25, 0.3) is 0 Å². The van der Waals surface area contributed by atoms with E-state index in [0.29, 0.717) is 13.2 Å². The number of ether oxygens (including phenoxy) is 2. The van der Waals surface area contributed by atoms with Crippen LogP contribution in [0, 0.1) is 5.92 Å². The van der Waals surface area contributed by atoms with Crippen molar-refractivity contribution >= 4 is 0 Å². The molecule has 1 spiro atoms. The summed E-state index contributed by atoms with van der Waals surface area (Å²) in [5.41, 5.74) is -0.560. The predicted octanol–water partition coefficient (Wildman–Crippen LogP) is 1.42. The highest BCUT2D eigenvalue weighted by Crippen LogP contribution is 2.43. The van der Waals surface area contributed by atoms with Crippen molar-refractivity contribution in [1.29, 1.82) is 0 Å². The van der Waals surface area contributed by atoms with Crippen LogP contribution >= 0.6 is 0 Å². The fourth-order valence-electron chi connectivity index (χ4n) is 3.71. The average Bonchev–Trinajstić information content (AvgIpc) is 2.83. The molecule has 0 amide bonds. The van der Waals surface area contributed by atoms with E-state index in [9.17, 15) is 5.11 Å². The molecule has 18 heavy (non-hydrogen) atoms. The molecule has 2 saturated heterocycles. The zero-order valence-electron chi connectivity index (χ0n) is 11.3. The largest absolute Gasteiger partial charge is 0.388 e. The fourth-order valence-corrected chi connectivity index (χ4v) is 3.71. The monoisotopic (exact) mass is 255 g/mol. The lowest BCUT2D eigenvalue weighted by molar-refractivity contribution is -0.207. The second-order valence-electron chi connectivity index (χ2n) is 6.35. The zero-order chi connectivity index (χ0) is 12.6. The Morgan fingerprint density at radius 3 is 2.39 bits per heavy atom. The quantitative estimate of drug-likeness (QED) is 0.744. The van der Waals surface area contributed by atoms with Gasteiger partial charge in [-0.05, 0) is 38.1 Å². The molecular weight excluding hydrogens is 230 g/mol. The highest BCUT2D eigenvalue weighted by molar-refractivity contribution is 5.00. The van der Waals surface area contributed by atoms with Gasteiger partial charge in [-0.2, -0.15) is 0 Å². The molecule has 2 unspecified atom stereocenters. The van der Waals surface area contributed by atoms with E-state index in [1.54, 1.807) is 0 Å². The molecule has 1 aliphatic carbocycles. The topological polar surface area (TPSA) is 50.7 Å². The molecule has 0 radical (unpaired) electrons. The minimum absolute atomic E-state index is 0.250. The number of rotatable bonds is 1. The lowest BCUT2D eigenvalue weighted by Crippen LogP contribution is -2.57. The second kappa shape index (κ2) is 4.75. The third-order valence-corrected chi connectivity index (χ3v) is 5.01. The zero-order valence-corrected chi connectivity index (χ0v) is 11.3. The van der Waals surface area contributed by atoms with E-state index in [1.165, 1.54) is 6.42 Å². The molecule has 0 aromatic rings. The van der Waals surface area contributed by atoms with Crippen molar-refractivity contribution in [3.05, 3.63) is 0 Å². The van der Waals surface area contributed by atoms with Gasteiger partial charge in [0.1, 0.15) is 0 Å². The summed E-state index contributed by atoms with van der Waals surface area (Å²) in [7, 11) is 0.